The van der Waals surface area contributed by atoms with Gasteiger partial charge in [-0.25, -0.2) is 0 Å². The molecule has 0 atom stereocenters. The number of benzene rings is 2. The molecule has 2 amide bonds. The van der Waals surface area contributed by atoms with E-state index in [-0.39, 0.29) is 11.8 Å². The lowest BCUT2D eigenvalue weighted by Gasteiger charge is -2.08. The third-order valence-electron chi connectivity index (χ3n) is 4.89. The maximum Gasteiger partial charge on any atom is 0.255 e. The minimum Gasteiger partial charge on any atom is -0.361 e. The highest BCUT2D eigenvalue weighted by molar-refractivity contribution is 6.05. The number of anilines is 2. The van der Waals surface area contributed by atoms with Gasteiger partial charge in [-0.1, -0.05) is 18.2 Å². The van der Waals surface area contributed by atoms with Crippen molar-refractivity contribution in [2.24, 2.45) is 0 Å². The van der Waals surface area contributed by atoms with Crippen molar-refractivity contribution >= 4 is 34.1 Å². The van der Waals surface area contributed by atoms with Crippen LogP contribution in [0.4, 0.5) is 11.4 Å². The Bertz CT molecular complexity index is 1200. The molecule has 4 rings (SSSR count). The molecule has 0 aliphatic heterocycles. The summed E-state index contributed by atoms with van der Waals surface area (Å²) in [6.07, 6.45) is 6.18. The Balaban J connectivity index is 1.37. The summed E-state index contributed by atoms with van der Waals surface area (Å²) < 4.78 is 0. The molecule has 6 heteroatoms. The number of hydrogen-bond donors (Lipinski definition) is 3. The van der Waals surface area contributed by atoms with Crippen molar-refractivity contribution in [2.45, 2.75) is 19.8 Å². The van der Waals surface area contributed by atoms with E-state index >= 15 is 0 Å². The van der Waals surface area contributed by atoms with E-state index in [2.05, 4.69) is 45.7 Å². The van der Waals surface area contributed by atoms with Crippen LogP contribution in [0.15, 0.2) is 73.2 Å². The molecule has 0 saturated carbocycles. The maximum atomic E-state index is 12.4. The first kappa shape index (κ1) is 19.4. The van der Waals surface area contributed by atoms with Crippen molar-refractivity contribution in [1.29, 1.82) is 0 Å². The fraction of sp³-hybridized carbons (Fsp3) is 0.125. The number of carbonyl (C=O) groups is 2. The fourth-order valence-corrected chi connectivity index (χ4v) is 3.36. The van der Waals surface area contributed by atoms with Gasteiger partial charge in [-0.05, 0) is 60.9 Å². The summed E-state index contributed by atoms with van der Waals surface area (Å²) in [7, 11) is 0. The van der Waals surface area contributed by atoms with Crippen LogP contribution in [0.1, 0.15) is 27.9 Å². The third kappa shape index (κ3) is 4.55. The first-order chi connectivity index (χ1) is 14.6. The van der Waals surface area contributed by atoms with Gasteiger partial charge in [-0.15, -0.1) is 0 Å². The van der Waals surface area contributed by atoms with Crippen molar-refractivity contribution in [3.05, 3.63) is 89.9 Å². The van der Waals surface area contributed by atoms with Crippen LogP contribution in [0.3, 0.4) is 0 Å². The van der Waals surface area contributed by atoms with E-state index in [9.17, 15) is 9.59 Å². The molecule has 6 nitrogen and oxygen atoms in total. The zero-order valence-corrected chi connectivity index (χ0v) is 16.6. The highest BCUT2D eigenvalue weighted by atomic mass is 16.2. The van der Waals surface area contributed by atoms with E-state index in [4.69, 9.17) is 0 Å². The van der Waals surface area contributed by atoms with Crippen LogP contribution in [0.5, 0.6) is 0 Å². The van der Waals surface area contributed by atoms with E-state index < -0.39 is 0 Å². The highest BCUT2D eigenvalue weighted by Crippen LogP contribution is 2.21. The molecule has 0 bridgehead atoms. The lowest BCUT2D eigenvalue weighted by Crippen LogP contribution is -2.15. The highest BCUT2D eigenvalue weighted by Gasteiger charge is 2.10. The Morgan fingerprint density at radius 2 is 1.80 bits per heavy atom. The first-order valence-corrected chi connectivity index (χ1v) is 9.76. The summed E-state index contributed by atoms with van der Waals surface area (Å²) in [4.78, 5) is 32.1. The van der Waals surface area contributed by atoms with Gasteiger partial charge in [-0.3, -0.25) is 14.6 Å². The molecule has 2 heterocycles. The molecule has 3 N–H and O–H groups in total. The van der Waals surface area contributed by atoms with Gasteiger partial charge >= 0.3 is 0 Å². The first-order valence-electron chi connectivity index (χ1n) is 9.76. The zero-order valence-electron chi connectivity index (χ0n) is 16.6. The van der Waals surface area contributed by atoms with Crippen molar-refractivity contribution in [3.8, 4) is 0 Å². The number of nitrogens with zero attached hydrogens (tertiary/aromatic N) is 1. The van der Waals surface area contributed by atoms with Gasteiger partial charge in [0.1, 0.15) is 0 Å². The second-order valence-electron chi connectivity index (χ2n) is 7.18. The largest absolute Gasteiger partial charge is 0.361 e. The smallest absolute Gasteiger partial charge is 0.255 e. The molecule has 2 aromatic carbocycles. The third-order valence-corrected chi connectivity index (χ3v) is 4.89. The summed E-state index contributed by atoms with van der Waals surface area (Å²) in [6, 6.07) is 16.6. The van der Waals surface area contributed by atoms with Crippen molar-refractivity contribution in [1.82, 2.24) is 9.97 Å². The van der Waals surface area contributed by atoms with Gasteiger partial charge in [0, 0.05) is 52.9 Å². The topological polar surface area (TPSA) is 86.9 Å². The second-order valence-corrected chi connectivity index (χ2v) is 7.18. The number of pyridine rings is 1. The molecule has 0 unspecified atom stereocenters. The number of aromatic amines is 1. The van der Waals surface area contributed by atoms with Gasteiger partial charge in [0.15, 0.2) is 0 Å². The van der Waals surface area contributed by atoms with Crippen LogP contribution in [0.2, 0.25) is 0 Å². The molecule has 4 aromatic rings. The van der Waals surface area contributed by atoms with Crippen LogP contribution in [0, 0.1) is 6.92 Å². The van der Waals surface area contributed by atoms with Gasteiger partial charge in [-0.2, -0.15) is 0 Å². The zero-order chi connectivity index (χ0) is 20.9. The molecular weight excluding hydrogens is 376 g/mol. The summed E-state index contributed by atoms with van der Waals surface area (Å²) in [5.41, 5.74) is 5.12. The van der Waals surface area contributed by atoms with Crippen LogP contribution < -0.4 is 10.6 Å². The predicted octanol–water partition coefficient (Wildman–Crippen LogP) is 4.69. The molecule has 0 aliphatic rings. The Kier molecular flexibility index (Phi) is 5.57. The van der Waals surface area contributed by atoms with E-state index in [1.165, 1.54) is 5.56 Å². The summed E-state index contributed by atoms with van der Waals surface area (Å²) in [6.45, 7) is 2.05. The fourth-order valence-electron chi connectivity index (χ4n) is 3.36. The number of carbonyl (C=O) groups excluding carboxylic acids is 2. The molecule has 30 heavy (non-hydrogen) atoms. The van der Waals surface area contributed by atoms with Crippen LogP contribution in [-0.2, 0) is 11.2 Å². The molecule has 0 spiro atoms. The number of H-pyrrole nitrogens is 1. The monoisotopic (exact) mass is 398 g/mol. The van der Waals surface area contributed by atoms with E-state index in [0.717, 1.165) is 16.5 Å². The van der Waals surface area contributed by atoms with Gasteiger partial charge in [0.25, 0.3) is 5.91 Å². The van der Waals surface area contributed by atoms with Gasteiger partial charge < -0.3 is 15.6 Å². The molecule has 150 valence electrons. The van der Waals surface area contributed by atoms with Crippen molar-refractivity contribution in [3.63, 3.8) is 0 Å². The van der Waals surface area contributed by atoms with E-state index in [1.807, 2.05) is 6.20 Å². The number of rotatable bonds is 6. The van der Waals surface area contributed by atoms with E-state index in [1.54, 1.807) is 48.8 Å². The van der Waals surface area contributed by atoms with Crippen LogP contribution >= 0.6 is 0 Å². The standard InChI is InChI=1S/C24H22N4O2/c1-16-5-7-21-18(15-26-22(21)13-16)6-8-23(29)27-20-4-2-3-17(14-20)24(30)28-19-9-11-25-12-10-19/h2-5,7,9-15,26H,6,8H2,1H3,(H,27,29)(H,25,28,30). The number of amides is 2. The summed E-state index contributed by atoms with van der Waals surface area (Å²) in [5, 5.41) is 6.83. The lowest BCUT2D eigenvalue weighted by atomic mass is 10.1. The normalized spacial score (nSPS) is 10.7. The SMILES string of the molecule is Cc1ccc2c(CCC(=O)Nc3cccc(C(=O)Nc4ccncc4)c3)c[nH]c2c1. The van der Waals surface area contributed by atoms with Gasteiger partial charge in [0.2, 0.25) is 5.91 Å². The summed E-state index contributed by atoms with van der Waals surface area (Å²) >= 11 is 0. The van der Waals surface area contributed by atoms with Crippen LogP contribution in [-0.4, -0.2) is 21.8 Å². The molecular formula is C24H22N4O2. The van der Waals surface area contributed by atoms with Crippen molar-refractivity contribution in [2.75, 3.05) is 10.6 Å². The molecule has 0 fully saturated rings. The lowest BCUT2D eigenvalue weighted by molar-refractivity contribution is -0.116. The number of fused-ring (bicyclic) bond motifs is 1. The quantitative estimate of drug-likeness (QED) is 0.440. The Morgan fingerprint density at radius 3 is 2.63 bits per heavy atom. The minimum atomic E-state index is -0.244. The van der Waals surface area contributed by atoms with Crippen molar-refractivity contribution < 1.29 is 9.59 Å². The molecule has 0 saturated heterocycles. The number of aryl methyl sites for hydroxylation is 2. The Morgan fingerprint density at radius 1 is 0.967 bits per heavy atom. The van der Waals surface area contributed by atoms with Gasteiger partial charge in [0.05, 0.1) is 0 Å². The number of nitrogens with one attached hydrogen (secondary N) is 3. The Labute approximate surface area is 174 Å². The number of hydrogen-bond acceptors (Lipinski definition) is 3. The van der Waals surface area contributed by atoms with E-state index in [0.29, 0.717) is 29.8 Å². The molecule has 0 aliphatic carbocycles. The minimum absolute atomic E-state index is 0.0943. The van der Waals surface area contributed by atoms with Crippen LogP contribution in [0.25, 0.3) is 10.9 Å². The predicted molar refractivity (Wildman–Crippen MR) is 119 cm³/mol. The summed E-state index contributed by atoms with van der Waals surface area (Å²) in [5.74, 6) is -0.338. The average Bonchev–Trinajstić information content (AvgIpc) is 3.15. The Hall–Kier alpha value is -3.93. The average molecular weight is 398 g/mol. The molecule has 2 aromatic heterocycles. The number of aromatic nitrogens is 2. The maximum absolute atomic E-state index is 12.4. The molecule has 0 radical (unpaired) electrons. The second kappa shape index (κ2) is 8.61.